The van der Waals surface area contributed by atoms with Crippen LogP contribution in [0.5, 0.6) is 0 Å². The fourth-order valence-electron chi connectivity index (χ4n) is 7.58. The quantitative estimate of drug-likeness (QED) is 0.726. The molecule has 0 amide bonds. The molecule has 8 atom stereocenters. The Morgan fingerprint density at radius 1 is 1.00 bits per heavy atom. The van der Waals surface area contributed by atoms with E-state index in [0.29, 0.717) is 11.3 Å². The van der Waals surface area contributed by atoms with Gasteiger partial charge in [-0.3, -0.25) is 4.79 Å². The number of aliphatic hydroxyl groups is 1. The highest BCUT2D eigenvalue weighted by Crippen LogP contribution is 2.66. The molecule has 0 bridgehead atoms. The highest BCUT2D eigenvalue weighted by molar-refractivity contribution is 5.66. The molecular formula is C21H34O3. The van der Waals surface area contributed by atoms with Crippen molar-refractivity contribution in [3.8, 4) is 0 Å². The van der Waals surface area contributed by atoms with E-state index in [-0.39, 0.29) is 17.5 Å². The molecule has 0 heterocycles. The molecule has 0 saturated heterocycles. The summed E-state index contributed by atoms with van der Waals surface area (Å²) in [4.78, 5) is 11.4. The van der Waals surface area contributed by atoms with Crippen molar-refractivity contribution < 1.29 is 14.6 Å². The van der Waals surface area contributed by atoms with Gasteiger partial charge in [0.25, 0.3) is 0 Å². The van der Waals surface area contributed by atoms with Crippen LogP contribution in [0.15, 0.2) is 0 Å². The number of carbonyl (C=O) groups is 1. The minimum atomic E-state index is -0.482. The minimum absolute atomic E-state index is 0.0564. The van der Waals surface area contributed by atoms with Gasteiger partial charge >= 0.3 is 5.97 Å². The molecule has 7 unspecified atom stereocenters. The van der Waals surface area contributed by atoms with Crippen LogP contribution in [0.2, 0.25) is 0 Å². The molecule has 4 fully saturated rings. The zero-order valence-electron chi connectivity index (χ0n) is 15.6. The molecule has 24 heavy (non-hydrogen) atoms. The summed E-state index contributed by atoms with van der Waals surface area (Å²) in [7, 11) is 0. The number of aliphatic hydroxyl groups excluding tert-OH is 1. The number of ether oxygens (including phenoxy) is 1. The summed E-state index contributed by atoms with van der Waals surface area (Å²) in [6, 6.07) is 0. The number of esters is 1. The van der Waals surface area contributed by atoms with Crippen LogP contribution in [0, 0.1) is 34.5 Å². The van der Waals surface area contributed by atoms with E-state index < -0.39 is 6.10 Å². The van der Waals surface area contributed by atoms with Crippen molar-refractivity contribution in [1.82, 2.24) is 0 Å². The predicted octanol–water partition coefficient (Wildman–Crippen LogP) is 4.32. The highest BCUT2D eigenvalue weighted by Gasteiger charge is 2.62. The van der Waals surface area contributed by atoms with E-state index in [4.69, 9.17) is 4.74 Å². The molecule has 1 N–H and O–H groups in total. The Bertz CT molecular complexity index is 517. The molecule has 4 aliphatic carbocycles. The van der Waals surface area contributed by atoms with E-state index in [9.17, 15) is 9.90 Å². The molecule has 4 rings (SSSR count). The summed E-state index contributed by atoms with van der Waals surface area (Å²) in [6.07, 6.45) is 10.8. The first-order chi connectivity index (χ1) is 11.4. The van der Waals surface area contributed by atoms with E-state index in [1.54, 1.807) is 0 Å². The monoisotopic (exact) mass is 334 g/mol. The second kappa shape index (κ2) is 5.72. The van der Waals surface area contributed by atoms with Crippen molar-refractivity contribution in [3.63, 3.8) is 0 Å². The lowest BCUT2D eigenvalue weighted by molar-refractivity contribution is -0.154. The number of hydrogen-bond donors (Lipinski definition) is 1. The molecule has 3 heteroatoms. The Balaban J connectivity index is 1.60. The van der Waals surface area contributed by atoms with Gasteiger partial charge in [-0.05, 0) is 74.0 Å². The molecule has 136 valence electrons. The first kappa shape index (κ1) is 16.9. The standard InChI is InChI=1S/C21H34O3/c1-13(22)24-18-12-17-15-8-7-14-6-4-5-10-20(14,2)16(15)9-11-21(17,3)19(18)23/h14-19,23H,4-12H2,1-3H3/t14-,15?,16?,17?,18?,19?,20?,21?/m1/s1. The van der Waals surface area contributed by atoms with Gasteiger partial charge in [-0.1, -0.05) is 26.7 Å². The molecule has 4 saturated carbocycles. The zero-order valence-corrected chi connectivity index (χ0v) is 15.6. The summed E-state index contributed by atoms with van der Waals surface area (Å²) in [5.74, 6) is 2.74. The number of fused-ring (bicyclic) bond motifs is 5. The molecule has 0 aromatic rings. The van der Waals surface area contributed by atoms with Crippen LogP contribution >= 0.6 is 0 Å². The maximum Gasteiger partial charge on any atom is 0.302 e. The topological polar surface area (TPSA) is 46.5 Å². The van der Waals surface area contributed by atoms with Gasteiger partial charge in [0.15, 0.2) is 0 Å². The molecule has 0 aromatic heterocycles. The van der Waals surface area contributed by atoms with E-state index in [0.717, 1.165) is 30.6 Å². The van der Waals surface area contributed by atoms with Crippen LogP contribution in [-0.2, 0) is 9.53 Å². The summed E-state index contributed by atoms with van der Waals surface area (Å²) >= 11 is 0. The SMILES string of the molecule is CC(=O)OC1CC2C3CC[C@H]4CCCCC4(C)C3CCC2(C)C1O. The lowest BCUT2D eigenvalue weighted by Crippen LogP contribution is -2.53. The Hall–Kier alpha value is -0.570. The van der Waals surface area contributed by atoms with E-state index in [1.165, 1.54) is 51.9 Å². The molecule has 0 radical (unpaired) electrons. The zero-order chi connectivity index (χ0) is 17.1. The minimum Gasteiger partial charge on any atom is -0.460 e. The average Bonchev–Trinajstić information content (AvgIpc) is 2.78. The Kier molecular flexibility index (Phi) is 4.02. The maximum absolute atomic E-state index is 11.4. The third-order valence-electron chi connectivity index (χ3n) is 8.85. The maximum atomic E-state index is 11.4. The molecule has 0 aromatic carbocycles. The van der Waals surface area contributed by atoms with Gasteiger partial charge in [0.1, 0.15) is 6.10 Å². The Morgan fingerprint density at radius 3 is 2.54 bits per heavy atom. The average molecular weight is 335 g/mol. The highest BCUT2D eigenvalue weighted by atomic mass is 16.6. The third kappa shape index (κ3) is 2.29. The fraction of sp³-hybridized carbons (Fsp3) is 0.952. The van der Waals surface area contributed by atoms with Gasteiger partial charge in [-0.15, -0.1) is 0 Å². The van der Waals surface area contributed by atoms with Crippen molar-refractivity contribution in [3.05, 3.63) is 0 Å². The summed E-state index contributed by atoms with van der Waals surface area (Å²) < 4.78 is 5.50. The van der Waals surface area contributed by atoms with E-state index in [1.807, 2.05) is 0 Å². The van der Waals surface area contributed by atoms with E-state index >= 15 is 0 Å². The summed E-state index contributed by atoms with van der Waals surface area (Å²) in [6.45, 7) is 6.30. The number of hydrogen-bond acceptors (Lipinski definition) is 3. The molecular weight excluding hydrogens is 300 g/mol. The number of carbonyl (C=O) groups excluding carboxylic acids is 1. The lowest BCUT2D eigenvalue weighted by Gasteiger charge is -2.60. The van der Waals surface area contributed by atoms with Crippen LogP contribution in [-0.4, -0.2) is 23.3 Å². The van der Waals surface area contributed by atoms with Gasteiger partial charge < -0.3 is 9.84 Å². The van der Waals surface area contributed by atoms with Gasteiger partial charge in [0.2, 0.25) is 0 Å². The second-order valence-corrected chi connectivity index (χ2v) is 9.78. The normalized spacial score (nSPS) is 53.7. The smallest absolute Gasteiger partial charge is 0.302 e. The second-order valence-electron chi connectivity index (χ2n) is 9.78. The van der Waals surface area contributed by atoms with Crippen molar-refractivity contribution >= 4 is 5.97 Å². The lowest BCUT2D eigenvalue weighted by atomic mass is 9.45. The van der Waals surface area contributed by atoms with Crippen LogP contribution in [0.4, 0.5) is 0 Å². The summed E-state index contributed by atoms with van der Waals surface area (Å²) in [5.41, 5.74) is 0.464. The molecule has 0 aliphatic heterocycles. The van der Waals surface area contributed by atoms with Crippen LogP contribution < -0.4 is 0 Å². The van der Waals surface area contributed by atoms with Gasteiger partial charge in [0, 0.05) is 12.3 Å². The molecule has 0 spiro atoms. The largest absolute Gasteiger partial charge is 0.460 e. The Morgan fingerprint density at radius 2 is 1.79 bits per heavy atom. The number of rotatable bonds is 1. The van der Waals surface area contributed by atoms with Gasteiger partial charge in [0.05, 0.1) is 6.10 Å². The first-order valence-electron chi connectivity index (χ1n) is 10.2. The summed E-state index contributed by atoms with van der Waals surface area (Å²) in [5, 5.41) is 10.9. The van der Waals surface area contributed by atoms with Crippen LogP contribution in [0.25, 0.3) is 0 Å². The van der Waals surface area contributed by atoms with Gasteiger partial charge in [-0.25, -0.2) is 0 Å². The molecule has 4 aliphatic rings. The Labute approximate surface area is 146 Å². The molecule has 3 nitrogen and oxygen atoms in total. The van der Waals surface area contributed by atoms with E-state index in [2.05, 4.69) is 13.8 Å². The van der Waals surface area contributed by atoms with Crippen LogP contribution in [0.3, 0.4) is 0 Å². The van der Waals surface area contributed by atoms with Crippen molar-refractivity contribution in [1.29, 1.82) is 0 Å². The van der Waals surface area contributed by atoms with Crippen LogP contribution in [0.1, 0.15) is 78.6 Å². The van der Waals surface area contributed by atoms with Crippen molar-refractivity contribution in [2.45, 2.75) is 90.8 Å². The third-order valence-corrected chi connectivity index (χ3v) is 8.85. The predicted molar refractivity (Wildman–Crippen MR) is 93.3 cm³/mol. The first-order valence-corrected chi connectivity index (χ1v) is 10.2. The van der Waals surface area contributed by atoms with Gasteiger partial charge in [-0.2, -0.15) is 0 Å². The van der Waals surface area contributed by atoms with Crippen molar-refractivity contribution in [2.24, 2.45) is 34.5 Å². The fourth-order valence-corrected chi connectivity index (χ4v) is 7.58. The van der Waals surface area contributed by atoms with Crippen molar-refractivity contribution in [2.75, 3.05) is 0 Å².